The van der Waals surface area contributed by atoms with Crippen molar-refractivity contribution in [1.82, 2.24) is 10.3 Å². The van der Waals surface area contributed by atoms with Gasteiger partial charge in [0.25, 0.3) is 0 Å². The minimum absolute atomic E-state index is 0.157. The first-order chi connectivity index (χ1) is 7.42. The third kappa shape index (κ3) is 4.46. The maximum Gasteiger partial charge on any atom is 0.185 e. The number of anilines is 1. The lowest BCUT2D eigenvalue weighted by atomic mass is 10.5. The quantitative estimate of drug-likeness (QED) is 0.802. The van der Waals surface area contributed by atoms with Gasteiger partial charge in [-0.15, -0.1) is 11.3 Å². The lowest BCUT2D eigenvalue weighted by Gasteiger charge is -2.14. The van der Waals surface area contributed by atoms with Gasteiger partial charge in [-0.1, -0.05) is 0 Å². The van der Waals surface area contributed by atoms with E-state index in [1.807, 2.05) is 24.4 Å². The zero-order valence-electron chi connectivity index (χ0n) is 9.73. The van der Waals surface area contributed by atoms with Gasteiger partial charge in [0.1, 0.15) is 9.84 Å². The molecule has 1 heterocycles. The number of hydrogen-bond donors (Lipinski definition) is 1. The Balaban J connectivity index is 2.55. The van der Waals surface area contributed by atoms with Crippen LogP contribution in [0.25, 0.3) is 0 Å². The molecule has 0 atom stereocenters. The fourth-order valence-electron chi connectivity index (χ4n) is 1.13. The van der Waals surface area contributed by atoms with E-state index < -0.39 is 9.84 Å². The van der Waals surface area contributed by atoms with Gasteiger partial charge >= 0.3 is 0 Å². The number of aromatic nitrogens is 1. The molecular formula is C9H17N3O2S2. The largest absolute Gasteiger partial charge is 0.350 e. The minimum atomic E-state index is -2.91. The number of nitrogens with zero attached hydrogens (tertiary/aromatic N) is 2. The second kappa shape index (κ2) is 5.60. The van der Waals surface area contributed by atoms with Crippen LogP contribution in [0.3, 0.4) is 0 Å². The van der Waals surface area contributed by atoms with Crippen molar-refractivity contribution >= 4 is 26.3 Å². The van der Waals surface area contributed by atoms with Crippen LogP contribution in [0, 0.1) is 0 Å². The molecule has 0 fully saturated rings. The Morgan fingerprint density at radius 1 is 1.56 bits per heavy atom. The van der Waals surface area contributed by atoms with Crippen molar-refractivity contribution < 1.29 is 8.42 Å². The van der Waals surface area contributed by atoms with Gasteiger partial charge in [-0.25, -0.2) is 13.4 Å². The van der Waals surface area contributed by atoms with Gasteiger partial charge in [0.15, 0.2) is 5.13 Å². The highest BCUT2D eigenvalue weighted by Gasteiger charge is 2.09. The number of thiazole rings is 1. The molecule has 16 heavy (non-hydrogen) atoms. The van der Waals surface area contributed by atoms with E-state index in [1.165, 1.54) is 17.6 Å². The molecule has 0 saturated heterocycles. The van der Waals surface area contributed by atoms with Crippen LogP contribution in [-0.2, 0) is 16.4 Å². The second-order valence-corrected chi connectivity index (χ2v) is 6.80. The summed E-state index contributed by atoms with van der Waals surface area (Å²) in [6.45, 7) is 1.21. The Labute approximate surface area is 100 Å². The molecule has 0 aliphatic carbocycles. The zero-order chi connectivity index (χ0) is 12.2. The topological polar surface area (TPSA) is 62.3 Å². The maximum absolute atomic E-state index is 11.0. The Hall–Kier alpha value is -0.660. The van der Waals surface area contributed by atoms with Crippen molar-refractivity contribution in [3.63, 3.8) is 0 Å². The Bertz CT molecular complexity index is 428. The van der Waals surface area contributed by atoms with Crippen molar-refractivity contribution in [3.05, 3.63) is 11.1 Å². The van der Waals surface area contributed by atoms with Crippen LogP contribution < -0.4 is 10.2 Å². The van der Waals surface area contributed by atoms with Crippen LogP contribution in [0.5, 0.6) is 0 Å². The molecule has 0 aliphatic heterocycles. The van der Waals surface area contributed by atoms with Crippen LogP contribution in [0.15, 0.2) is 5.38 Å². The molecule has 0 amide bonds. The van der Waals surface area contributed by atoms with E-state index in [0.717, 1.165) is 17.4 Å². The molecule has 1 N–H and O–H groups in total. The molecule has 1 aromatic heterocycles. The van der Waals surface area contributed by atoms with E-state index >= 15 is 0 Å². The molecule has 0 aromatic carbocycles. The Kier molecular flexibility index (Phi) is 4.69. The summed E-state index contributed by atoms with van der Waals surface area (Å²) in [6, 6.07) is 0. The van der Waals surface area contributed by atoms with Gasteiger partial charge in [0.2, 0.25) is 0 Å². The molecule has 1 aromatic rings. The highest BCUT2D eigenvalue weighted by Crippen LogP contribution is 2.18. The average Bonchev–Trinajstić information content (AvgIpc) is 2.62. The summed E-state index contributed by atoms with van der Waals surface area (Å²) in [5, 5.41) is 5.85. The van der Waals surface area contributed by atoms with Gasteiger partial charge in [-0.05, 0) is 7.05 Å². The minimum Gasteiger partial charge on any atom is -0.350 e. The van der Waals surface area contributed by atoms with Crippen molar-refractivity contribution in [2.45, 2.75) is 6.54 Å². The van der Waals surface area contributed by atoms with Crippen molar-refractivity contribution in [1.29, 1.82) is 0 Å². The van der Waals surface area contributed by atoms with Crippen molar-refractivity contribution in [2.24, 2.45) is 0 Å². The third-order valence-corrected chi connectivity index (χ3v) is 3.95. The van der Waals surface area contributed by atoms with Crippen LogP contribution >= 0.6 is 11.3 Å². The number of hydrogen-bond acceptors (Lipinski definition) is 6. The van der Waals surface area contributed by atoms with Crippen molar-refractivity contribution in [3.8, 4) is 0 Å². The number of nitrogens with one attached hydrogen (secondary N) is 1. The van der Waals surface area contributed by atoms with Gasteiger partial charge in [0, 0.05) is 31.8 Å². The van der Waals surface area contributed by atoms with E-state index in [2.05, 4.69) is 10.3 Å². The Morgan fingerprint density at radius 3 is 2.81 bits per heavy atom. The predicted molar refractivity (Wildman–Crippen MR) is 67.9 cm³/mol. The monoisotopic (exact) mass is 263 g/mol. The summed E-state index contributed by atoms with van der Waals surface area (Å²) in [4.78, 5) is 6.25. The lowest BCUT2D eigenvalue weighted by Crippen LogP contribution is -2.24. The molecule has 0 unspecified atom stereocenters. The second-order valence-electron chi connectivity index (χ2n) is 3.70. The first-order valence-electron chi connectivity index (χ1n) is 4.90. The fourth-order valence-corrected chi connectivity index (χ4v) is 2.56. The van der Waals surface area contributed by atoms with Gasteiger partial charge in [-0.3, -0.25) is 0 Å². The summed E-state index contributed by atoms with van der Waals surface area (Å²) < 4.78 is 22.0. The van der Waals surface area contributed by atoms with E-state index in [-0.39, 0.29) is 5.75 Å². The van der Waals surface area contributed by atoms with E-state index in [9.17, 15) is 8.42 Å². The summed E-state index contributed by atoms with van der Waals surface area (Å²) in [7, 11) is 0.814. The molecule has 0 radical (unpaired) electrons. The average molecular weight is 263 g/mol. The summed E-state index contributed by atoms with van der Waals surface area (Å²) >= 11 is 1.53. The lowest BCUT2D eigenvalue weighted by molar-refractivity contribution is 0.601. The summed E-state index contributed by atoms with van der Waals surface area (Å²) in [5.74, 6) is 0.157. The highest BCUT2D eigenvalue weighted by molar-refractivity contribution is 7.90. The molecule has 0 spiro atoms. The summed E-state index contributed by atoms with van der Waals surface area (Å²) in [5.41, 5.74) is 0.980. The molecule has 5 nitrogen and oxygen atoms in total. The first-order valence-corrected chi connectivity index (χ1v) is 7.84. The highest BCUT2D eigenvalue weighted by atomic mass is 32.2. The standard InChI is InChI=1S/C9H17N3O2S2/c1-10-6-8-7-15-9(11-8)12(2)4-5-16(3,13)14/h7,10H,4-6H2,1-3H3. The van der Waals surface area contributed by atoms with Crippen LogP contribution in [0.2, 0.25) is 0 Å². The zero-order valence-corrected chi connectivity index (χ0v) is 11.4. The van der Waals surface area contributed by atoms with Crippen molar-refractivity contribution in [2.75, 3.05) is 37.5 Å². The van der Waals surface area contributed by atoms with E-state index in [1.54, 1.807) is 0 Å². The van der Waals surface area contributed by atoms with Crippen LogP contribution in [-0.4, -0.2) is 46.1 Å². The number of sulfone groups is 1. The Morgan fingerprint density at radius 2 is 2.25 bits per heavy atom. The molecule has 92 valence electrons. The third-order valence-electron chi connectivity index (χ3n) is 2.02. The first kappa shape index (κ1) is 13.4. The van der Waals surface area contributed by atoms with Gasteiger partial charge < -0.3 is 10.2 Å². The molecule has 0 bridgehead atoms. The molecule has 0 saturated carbocycles. The normalized spacial score (nSPS) is 11.7. The maximum atomic E-state index is 11.0. The number of rotatable bonds is 6. The van der Waals surface area contributed by atoms with E-state index in [4.69, 9.17) is 0 Å². The SMILES string of the molecule is CNCc1csc(N(C)CCS(C)(=O)=O)n1. The van der Waals surface area contributed by atoms with Gasteiger partial charge in [-0.2, -0.15) is 0 Å². The smallest absolute Gasteiger partial charge is 0.185 e. The summed E-state index contributed by atoms with van der Waals surface area (Å²) in [6.07, 6.45) is 1.25. The fraction of sp³-hybridized carbons (Fsp3) is 0.667. The molecular weight excluding hydrogens is 246 g/mol. The van der Waals surface area contributed by atoms with Gasteiger partial charge in [0.05, 0.1) is 11.4 Å². The molecule has 0 aliphatic rings. The molecule has 1 rings (SSSR count). The van der Waals surface area contributed by atoms with Crippen LogP contribution in [0.4, 0.5) is 5.13 Å². The van der Waals surface area contributed by atoms with E-state index in [0.29, 0.717) is 6.54 Å². The molecule has 7 heteroatoms. The van der Waals surface area contributed by atoms with Crippen LogP contribution in [0.1, 0.15) is 5.69 Å². The predicted octanol–water partition coefficient (Wildman–Crippen LogP) is 0.343.